The Morgan fingerprint density at radius 2 is 0.788 bits per heavy atom. The van der Waals surface area contributed by atoms with Crippen LogP contribution in [0.2, 0.25) is 0 Å². The van der Waals surface area contributed by atoms with Gasteiger partial charge in [-0.3, -0.25) is 9.13 Å². The number of aromatic hydroxyl groups is 1. The summed E-state index contributed by atoms with van der Waals surface area (Å²) >= 11 is 0. The van der Waals surface area contributed by atoms with Crippen LogP contribution in [0.5, 0.6) is 5.75 Å². The van der Waals surface area contributed by atoms with E-state index in [1.807, 2.05) is 0 Å². The number of phenols is 1. The van der Waals surface area contributed by atoms with E-state index in [9.17, 15) is 16.1 Å². The van der Waals surface area contributed by atoms with Gasteiger partial charge in [0.1, 0.15) is 5.75 Å². The summed E-state index contributed by atoms with van der Waals surface area (Å²) in [4.78, 5) is 13.8. The molecule has 0 aliphatic carbocycles. The molecule has 1 N–H and O–H groups in total. The number of benzene rings is 7. The van der Waals surface area contributed by atoms with E-state index in [4.69, 9.17) is 26.0 Å². The smallest absolute Gasteiger partial charge is 0.240 e. The number of aromatic nitrogens is 6. The first-order valence-corrected chi connectivity index (χ1v) is 15.1. The van der Waals surface area contributed by atoms with E-state index >= 15 is 0 Å². The van der Waals surface area contributed by atoms with Crippen molar-refractivity contribution in [3.8, 4) is 34.7 Å². The number of para-hydroxylation sites is 6. The normalized spacial score (nSPS) is 19.2. The molecule has 0 saturated heterocycles. The Morgan fingerprint density at radius 1 is 0.385 bits per heavy atom. The van der Waals surface area contributed by atoms with Gasteiger partial charge in [-0.05, 0) is 54.4 Å². The van der Waals surface area contributed by atoms with Gasteiger partial charge in [-0.2, -0.15) is 15.0 Å². The molecule has 4 heterocycles. The largest absolute Gasteiger partial charge is 0.507 e. The highest BCUT2D eigenvalue weighted by Gasteiger charge is 2.23. The highest BCUT2D eigenvalue weighted by Crippen LogP contribution is 2.40. The SMILES string of the molecule is [2H]c1c([2H])c([2H])c(-n2c3c([2H])c([2H])c([2H])c([2H])c3c3c(O)c([2H])c([2H])c([2H])c32)c(-c2nc(-n3c4c([2H])c([2H])c([2H])c([2H])c4c4c([2H])c([2H])c([2H])c([2H])c43)nc(-n3c4c([2H])c([2H])c([2H])c([2H])c4c4c([2H])c([2H])c([2H])c([2H])c43)n2)c1[2H]. The average molecular weight is 696 g/mol. The van der Waals surface area contributed by atoms with Crippen LogP contribution in [0, 0.1) is 0 Å². The van der Waals surface area contributed by atoms with Gasteiger partial charge in [0.15, 0.2) is 5.82 Å². The zero-order valence-corrected chi connectivity index (χ0v) is 25.6. The summed E-state index contributed by atoms with van der Waals surface area (Å²) in [6.45, 7) is 0. The second-order valence-corrected chi connectivity index (χ2v) is 11.1. The lowest BCUT2D eigenvalue weighted by atomic mass is 10.1. The molecule has 0 bridgehead atoms. The summed E-state index contributed by atoms with van der Waals surface area (Å²) in [5.41, 5.74) is -5.79. The molecule has 0 aliphatic heterocycles. The standard InChI is InChI=1S/C45H28N6O/c52-41-27-13-26-40-42(41)32-18-5-11-24-38(32)49(40)39-25-12-6-19-33(39)43-46-44(50-34-20-7-1-14-28(34)29-15-2-8-21-35(29)50)48-45(47-43)51-36-22-9-3-16-30(36)31-17-4-10-23-37(31)51/h1-27,52H/i1D,2D,3D,4D,5D,6D,7D,8D,9D,10D,11D,12D,13D,14D,15D,16D,17D,18D,19D,20D,21D,22D,23D,24D,25D,26D,27D. The Bertz CT molecular complexity index is 4370. The maximum Gasteiger partial charge on any atom is 0.240 e. The minimum Gasteiger partial charge on any atom is -0.507 e. The number of nitrogens with zero attached hydrogens (tertiary/aromatic N) is 6. The van der Waals surface area contributed by atoms with Crippen molar-refractivity contribution in [1.29, 1.82) is 0 Å². The third-order valence-corrected chi connectivity index (χ3v) is 8.39. The molecule has 244 valence electrons. The summed E-state index contributed by atoms with van der Waals surface area (Å²) in [6, 6.07) is -25.0. The highest BCUT2D eigenvalue weighted by molar-refractivity contribution is 6.13. The fourth-order valence-corrected chi connectivity index (χ4v) is 6.32. The maximum absolute atomic E-state index is 11.6. The van der Waals surface area contributed by atoms with E-state index in [0.717, 1.165) is 9.13 Å². The van der Waals surface area contributed by atoms with Crippen molar-refractivity contribution in [3.05, 3.63) is 163 Å². The molecule has 7 heteroatoms. The number of hydrogen-bond acceptors (Lipinski definition) is 4. The first kappa shape index (κ1) is 12.8. The fraction of sp³-hybridized carbons (Fsp3) is 0. The lowest BCUT2D eigenvalue weighted by Gasteiger charge is -2.16. The minimum absolute atomic E-state index is 0.527. The topological polar surface area (TPSA) is 73.7 Å². The molecule has 0 unspecified atom stereocenters. The van der Waals surface area contributed by atoms with Crippen LogP contribution in [0.25, 0.3) is 94.4 Å². The molecule has 0 atom stereocenters. The summed E-state index contributed by atoms with van der Waals surface area (Å²) in [5.74, 6) is -4.01. The monoisotopic (exact) mass is 695 g/mol. The summed E-state index contributed by atoms with van der Waals surface area (Å²) in [7, 11) is 0. The Labute approximate surface area is 334 Å². The van der Waals surface area contributed by atoms with Gasteiger partial charge in [0.2, 0.25) is 11.9 Å². The van der Waals surface area contributed by atoms with Gasteiger partial charge in [0, 0.05) is 37.9 Å². The van der Waals surface area contributed by atoms with Crippen LogP contribution >= 0.6 is 0 Å². The third-order valence-electron chi connectivity index (χ3n) is 8.39. The lowest BCUT2D eigenvalue weighted by molar-refractivity contribution is 0.482. The molecule has 7 aromatic carbocycles. The van der Waals surface area contributed by atoms with Crippen LogP contribution in [-0.2, 0) is 0 Å². The van der Waals surface area contributed by atoms with Crippen molar-refractivity contribution in [2.75, 3.05) is 0 Å². The van der Waals surface area contributed by atoms with Crippen LogP contribution in [0.3, 0.4) is 0 Å². The number of rotatable bonds is 4. The lowest BCUT2D eigenvalue weighted by Crippen LogP contribution is -2.11. The van der Waals surface area contributed by atoms with Gasteiger partial charge in [0.05, 0.1) is 75.8 Å². The Kier molecular flexibility index (Phi) is 2.68. The molecule has 0 radical (unpaired) electrons. The molecule has 7 nitrogen and oxygen atoms in total. The van der Waals surface area contributed by atoms with E-state index in [2.05, 4.69) is 15.0 Å². The second-order valence-electron chi connectivity index (χ2n) is 11.1. The van der Waals surface area contributed by atoms with Gasteiger partial charge >= 0.3 is 0 Å². The molecule has 0 amide bonds. The predicted molar refractivity (Wildman–Crippen MR) is 210 cm³/mol. The van der Waals surface area contributed by atoms with E-state index < -0.39 is 263 Å². The molecule has 0 aliphatic rings. The van der Waals surface area contributed by atoms with E-state index in [1.165, 1.54) is 0 Å². The zero-order valence-electron chi connectivity index (χ0n) is 52.6. The van der Waals surface area contributed by atoms with Crippen molar-refractivity contribution in [2.24, 2.45) is 0 Å². The van der Waals surface area contributed by atoms with Crippen LogP contribution in [0.1, 0.15) is 37.0 Å². The van der Waals surface area contributed by atoms with Gasteiger partial charge in [-0.15, -0.1) is 0 Å². The van der Waals surface area contributed by atoms with Crippen LogP contribution in [0.4, 0.5) is 0 Å². The molecule has 0 saturated carbocycles. The van der Waals surface area contributed by atoms with Gasteiger partial charge in [0.25, 0.3) is 0 Å². The number of phenolic OH excluding ortho intramolecular Hbond substituents is 1. The molecule has 52 heavy (non-hydrogen) atoms. The first-order valence-electron chi connectivity index (χ1n) is 28.6. The quantitative estimate of drug-likeness (QED) is 0.199. The summed E-state index contributed by atoms with van der Waals surface area (Å²) in [5, 5.41) is 8.24. The Balaban J connectivity index is 1.47. The minimum atomic E-state index is -1.11. The van der Waals surface area contributed by atoms with E-state index in [1.54, 1.807) is 0 Å². The van der Waals surface area contributed by atoms with Crippen LogP contribution in [0.15, 0.2) is 163 Å². The Morgan fingerprint density at radius 3 is 1.31 bits per heavy atom. The van der Waals surface area contributed by atoms with Crippen molar-refractivity contribution in [2.45, 2.75) is 0 Å². The highest BCUT2D eigenvalue weighted by atomic mass is 16.3. The van der Waals surface area contributed by atoms with Crippen molar-refractivity contribution in [1.82, 2.24) is 28.7 Å². The molecule has 0 fully saturated rings. The average Bonchev–Trinajstić information content (AvgIpc) is 4.34. The fourth-order valence-electron chi connectivity index (χ4n) is 6.32. The maximum atomic E-state index is 11.6. The Hall–Kier alpha value is -7.25. The first-order chi connectivity index (χ1) is 36.9. The van der Waals surface area contributed by atoms with Crippen LogP contribution < -0.4 is 0 Å². The molecule has 4 aromatic heterocycles. The second kappa shape index (κ2) is 10.9. The zero-order chi connectivity index (χ0) is 57.8. The number of hydrogen-bond donors (Lipinski definition) is 1. The summed E-state index contributed by atoms with van der Waals surface area (Å²) in [6.07, 6.45) is 0. The molecular formula is C45H28N6O. The third kappa shape index (κ3) is 3.98. The van der Waals surface area contributed by atoms with Crippen LogP contribution in [-0.4, -0.2) is 33.8 Å². The molecular weight excluding hydrogens is 641 g/mol. The number of fused-ring (bicyclic) bond motifs is 9. The van der Waals surface area contributed by atoms with E-state index in [0.29, 0.717) is 4.57 Å². The van der Waals surface area contributed by atoms with Crippen molar-refractivity contribution in [3.63, 3.8) is 0 Å². The molecule has 0 spiro atoms. The van der Waals surface area contributed by atoms with Gasteiger partial charge in [-0.1, -0.05) is 109 Å². The summed E-state index contributed by atoms with van der Waals surface area (Å²) < 4.78 is 244. The van der Waals surface area contributed by atoms with Gasteiger partial charge in [-0.25, -0.2) is 0 Å². The van der Waals surface area contributed by atoms with E-state index in [-0.39, 0.29) is 0 Å². The predicted octanol–water partition coefficient (Wildman–Crippen LogP) is 10.5. The molecule has 11 rings (SSSR count). The van der Waals surface area contributed by atoms with Gasteiger partial charge < -0.3 is 9.67 Å². The molecule has 11 aromatic rings. The van der Waals surface area contributed by atoms with Crippen molar-refractivity contribution >= 4 is 65.4 Å². The van der Waals surface area contributed by atoms with Crippen molar-refractivity contribution < 1.29 is 42.1 Å².